The molecule has 0 bridgehead atoms. The average Bonchev–Trinajstić information content (AvgIpc) is 3.48. The third-order valence-corrected chi connectivity index (χ3v) is 8.48. The second kappa shape index (κ2) is 14.3. The highest BCUT2D eigenvalue weighted by molar-refractivity contribution is 9.10. The Balaban J connectivity index is 1.49. The number of nitro benzene ring substituents is 1. The maximum absolute atomic E-state index is 13.9. The quantitative estimate of drug-likeness (QED) is 0.215. The fraction of sp³-hybridized carbons (Fsp3) is 0.387. The van der Waals surface area contributed by atoms with Crippen molar-refractivity contribution in [1.82, 2.24) is 19.8 Å². The van der Waals surface area contributed by atoms with Crippen molar-refractivity contribution in [3.05, 3.63) is 80.3 Å². The Kier molecular flexibility index (Phi) is 10.4. The van der Waals surface area contributed by atoms with Crippen LogP contribution < -0.4 is 16.0 Å². The first-order valence-electron chi connectivity index (χ1n) is 15.1. The van der Waals surface area contributed by atoms with Crippen LogP contribution in [0.15, 0.2) is 53.4 Å². The SMILES string of the molecule is CNc1cncc(C(=O)N2C[C@H](Nc3c(C(=O)N4C[C@@H](C)O[C@@H](C)C4)cc(Br)cc3[N+](=O)[O-])C[C@H]2C(=O)Nc2ccnc(C(F)(F)F)c2)c1. The van der Waals surface area contributed by atoms with Crippen molar-refractivity contribution in [1.29, 1.82) is 0 Å². The highest BCUT2D eigenvalue weighted by Gasteiger charge is 2.42. The third-order valence-electron chi connectivity index (χ3n) is 8.02. The molecule has 2 fully saturated rings. The molecular formula is C31H32BrF3N8O6. The minimum atomic E-state index is -4.76. The molecule has 3 amide bonds. The van der Waals surface area contributed by atoms with Gasteiger partial charge >= 0.3 is 6.18 Å². The van der Waals surface area contributed by atoms with E-state index in [2.05, 4.69) is 41.8 Å². The van der Waals surface area contributed by atoms with Gasteiger partial charge in [0.2, 0.25) is 5.91 Å². The summed E-state index contributed by atoms with van der Waals surface area (Å²) in [5, 5.41) is 20.6. The Bertz CT molecular complexity index is 1770. The molecule has 1 aromatic carbocycles. The number of hydrogen-bond donors (Lipinski definition) is 3. The summed E-state index contributed by atoms with van der Waals surface area (Å²) in [6.07, 6.45) is -1.73. The van der Waals surface area contributed by atoms with E-state index in [0.29, 0.717) is 11.8 Å². The smallest absolute Gasteiger partial charge is 0.387 e. The number of amides is 3. The van der Waals surface area contributed by atoms with Crippen LogP contribution >= 0.6 is 15.9 Å². The summed E-state index contributed by atoms with van der Waals surface area (Å²) in [6.45, 7) is 3.97. The number of aromatic nitrogens is 2. The number of likely N-dealkylation sites (tertiary alicyclic amines) is 1. The van der Waals surface area contributed by atoms with Crippen LogP contribution in [0.3, 0.4) is 0 Å². The average molecular weight is 750 g/mol. The molecule has 14 nitrogen and oxygen atoms in total. The van der Waals surface area contributed by atoms with Gasteiger partial charge in [-0.05, 0) is 44.5 Å². The summed E-state index contributed by atoms with van der Waals surface area (Å²) >= 11 is 3.27. The van der Waals surface area contributed by atoms with Gasteiger partial charge in [0.1, 0.15) is 17.4 Å². The lowest BCUT2D eigenvalue weighted by molar-refractivity contribution is -0.384. The number of nitro groups is 1. The molecule has 5 rings (SSSR count). The van der Waals surface area contributed by atoms with Crippen molar-refractivity contribution in [3.8, 4) is 0 Å². The van der Waals surface area contributed by atoms with E-state index in [9.17, 15) is 37.7 Å². The molecule has 49 heavy (non-hydrogen) atoms. The maximum Gasteiger partial charge on any atom is 0.433 e. The van der Waals surface area contributed by atoms with Crippen LogP contribution in [0, 0.1) is 10.1 Å². The third kappa shape index (κ3) is 8.07. The summed E-state index contributed by atoms with van der Waals surface area (Å²) in [7, 11) is 1.63. The lowest BCUT2D eigenvalue weighted by Crippen LogP contribution is -2.48. The Hall–Kier alpha value is -4.84. The predicted octanol–water partition coefficient (Wildman–Crippen LogP) is 4.79. The van der Waals surface area contributed by atoms with Gasteiger partial charge in [-0.15, -0.1) is 0 Å². The molecule has 2 saturated heterocycles. The molecule has 3 aromatic rings. The maximum atomic E-state index is 13.9. The number of alkyl halides is 3. The summed E-state index contributed by atoms with van der Waals surface area (Å²) in [5.74, 6) is -1.90. The summed E-state index contributed by atoms with van der Waals surface area (Å²) in [4.78, 5) is 63.1. The van der Waals surface area contributed by atoms with Crippen LogP contribution in [0.1, 0.15) is 46.7 Å². The lowest BCUT2D eigenvalue weighted by Gasteiger charge is -2.35. The number of halogens is 4. The number of carbonyl (C=O) groups is 3. The zero-order valence-corrected chi connectivity index (χ0v) is 28.0. The van der Waals surface area contributed by atoms with Crippen LogP contribution in [0.25, 0.3) is 0 Å². The highest BCUT2D eigenvalue weighted by atomic mass is 79.9. The molecule has 260 valence electrons. The monoisotopic (exact) mass is 748 g/mol. The van der Waals surface area contributed by atoms with Crippen molar-refractivity contribution < 1.29 is 37.2 Å². The van der Waals surface area contributed by atoms with Gasteiger partial charge < -0.3 is 30.5 Å². The van der Waals surface area contributed by atoms with Crippen LogP contribution in [0.2, 0.25) is 0 Å². The topological polar surface area (TPSA) is 172 Å². The highest BCUT2D eigenvalue weighted by Crippen LogP contribution is 2.36. The van der Waals surface area contributed by atoms with E-state index in [1.165, 1.54) is 41.6 Å². The Morgan fingerprint density at radius 3 is 2.41 bits per heavy atom. The minimum Gasteiger partial charge on any atom is -0.387 e. The Morgan fingerprint density at radius 2 is 1.76 bits per heavy atom. The first kappa shape index (κ1) is 35.5. The van der Waals surface area contributed by atoms with Crippen molar-refractivity contribution in [2.24, 2.45) is 0 Å². The largest absolute Gasteiger partial charge is 0.433 e. The van der Waals surface area contributed by atoms with Crippen LogP contribution in [-0.4, -0.2) is 93.4 Å². The number of carbonyl (C=O) groups excluding carboxylic acids is 3. The molecule has 0 aliphatic carbocycles. The van der Waals surface area contributed by atoms with Crippen molar-refractivity contribution in [2.75, 3.05) is 42.6 Å². The summed E-state index contributed by atoms with van der Waals surface area (Å²) < 4.78 is 46.0. The van der Waals surface area contributed by atoms with Gasteiger partial charge in [-0.1, -0.05) is 15.9 Å². The molecule has 4 atom stereocenters. The van der Waals surface area contributed by atoms with Gasteiger partial charge in [0.15, 0.2) is 0 Å². The molecule has 18 heteroatoms. The van der Waals surface area contributed by atoms with Crippen molar-refractivity contribution in [3.63, 3.8) is 0 Å². The van der Waals surface area contributed by atoms with E-state index >= 15 is 0 Å². The fourth-order valence-electron chi connectivity index (χ4n) is 5.94. The van der Waals surface area contributed by atoms with Crippen LogP contribution in [0.5, 0.6) is 0 Å². The molecule has 4 heterocycles. The van der Waals surface area contributed by atoms with Gasteiger partial charge in [0.05, 0.1) is 33.9 Å². The number of benzene rings is 1. The molecule has 3 N–H and O–H groups in total. The van der Waals surface area contributed by atoms with E-state index in [4.69, 9.17) is 4.74 Å². The molecule has 0 spiro atoms. The molecule has 0 unspecified atom stereocenters. The van der Waals surface area contributed by atoms with Gasteiger partial charge in [0.25, 0.3) is 17.5 Å². The van der Waals surface area contributed by atoms with E-state index in [0.717, 1.165) is 6.20 Å². The fourth-order valence-corrected chi connectivity index (χ4v) is 6.38. The van der Waals surface area contributed by atoms with Gasteiger partial charge in [0, 0.05) is 67.5 Å². The summed E-state index contributed by atoms with van der Waals surface area (Å²) in [5.41, 5.74) is -1.31. The lowest BCUT2D eigenvalue weighted by atomic mass is 10.1. The first-order valence-corrected chi connectivity index (χ1v) is 15.9. The van der Waals surface area contributed by atoms with Crippen LogP contribution in [0.4, 0.5) is 35.9 Å². The van der Waals surface area contributed by atoms with Crippen LogP contribution in [-0.2, 0) is 15.7 Å². The standard InChI is InChI=1S/C31H32BrF3N8O6/c1-16-13-41(14-17(2)49-16)30(46)23-7-19(32)8-24(43(47)48)27(23)39-22-9-25(28(44)40-20-4-5-38-26(10-20)31(33,34)35)42(15-22)29(45)18-6-21(36-3)12-37-11-18/h4-8,10-12,16-17,22,25,36,39H,9,13-15H2,1-3H3,(H,38,40,44)/t16-,17+,22-,25+/m1/s1. The molecule has 2 aliphatic rings. The normalized spacial score (nSPS) is 20.9. The zero-order valence-electron chi connectivity index (χ0n) is 26.5. The molecule has 0 saturated carbocycles. The second-order valence-electron chi connectivity index (χ2n) is 11.8. The molecule has 0 radical (unpaired) electrons. The molecule has 2 aliphatic heterocycles. The Labute approximate surface area is 286 Å². The number of rotatable bonds is 8. The number of pyridine rings is 2. The molecule has 2 aromatic heterocycles. The first-order chi connectivity index (χ1) is 23.1. The van der Waals surface area contributed by atoms with E-state index in [-0.39, 0.29) is 65.2 Å². The van der Waals surface area contributed by atoms with Crippen molar-refractivity contribution >= 4 is 56.4 Å². The van der Waals surface area contributed by atoms with E-state index in [1.54, 1.807) is 11.9 Å². The number of nitrogens with zero attached hydrogens (tertiary/aromatic N) is 5. The number of anilines is 3. The zero-order chi connectivity index (χ0) is 35.6. The minimum absolute atomic E-state index is 0.00413. The van der Waals surface area contributed by atoms with Gasteiger partial charge in [-0.3, -0.25) is 34.5 Å². The van der Waals surface area contributed by atoms with Crippen molar-refractivity contribution in [2.45, 2.75) is 50.7 Å². The van der Waals surface area contributed by atoms with Gasteiger partial charge in [-0.25, -0.2) is 0 Å². The Morgan fingerprint density at radius 1 is 1.04 bits per heavy atom. The second-order valence-corrected chi connectivity index (χ2v) is 12.7. The predicted molar refractivity (Wildman–Crippen MR) is 175 cm³/mol. The van der Waals surface area contributed by atoms with E-state index in [1.807, 2.05) is 13.8 Å². The number of nitrogens with one attached hydrogen (secondary N) is 3. The van der Waals surface area contributed by atoms with E-state index < -0.39 is 52.3 Å². The summed E-state index contributed by atoms with van der Waals surface area (Å²) in [6, 6.07) is 4.03. The van der Waals surface area contributed by atoms with Gasteiger partial charge in [-0.2, -0.15) is 13.2 Å². The molecular weight excluding hydrogens is 717 g/mol. The number of ether oxygens (including phenoxy) is 1. The number of hydrogen-bond acceptors (Lipinski definition) is 10. The number of morpholine rings is 1.